The predicted octanol–water partition coefficient (Wildman–Crippen LogP) is 10.3. The van der Waals surface area contributed by atoms with E-state index in [2.05, 4.69) is 30.4 Å². The zero-order chi connectivity index (χ0) is 26.3. The lowest BCUT2D eigenvalue weighted by atomic mass is 9.76. The summed E-state index contributed by atoms with van der Waals surface area (Å²) >= 11 is 1.70. The number of allylic oxidation sites excluding steroid dienone is 2. The molecule has 1 aromatic rings. The smallest absolute Gasteiger partial charge is 0.196 e. The highest BCUT2D eigenvalue weighted by atomic mass is 32.2. The predicted molar refractivity (Wildman–Crippen MR) is 161 cm³/mol. The van der Waals surface area contributed by atoms with Crippen LogP contribution in [0.5, 0.6) is 0 Å². The summed E-state index contributed by atoms with van der Waals surface area (Å²) in [5.41, 5.74) is 6.10. The molecule has 214 valence electrons. The fourth-order valence-electron chi connectivity index (χ4n) is 7.98. The molecule has 4 aliphatic carbocycles. The van der Waals surface area contributed by atoms with E-state index < -0.39 is 5.79 Å². The van der Waals surface area contributed by atoms with Gasteiger partial charge in [-0.25, -0.2) is 0 Å². The highest BCUT2D eigenvalue weighted by Crippen LogP contribution is 2.47. The topological polar surface area (TPSA) is 27.7 Å². The Hall–Kier alpha value is -1.07. The maximum atomic E-state index is 6.55. The van der Waals surface area contributed by atoms with Gasteiger partial charge in [0.1, 0.15) is 0 Å². The Morgan fingerprint density at radius 3 is 1.82 bits per heavy atom. The maximum absolute atomic E-state index is 6.55. The van der Waals surface area contributed by atoms with Gasteiger partial charge < -0.3 is 13.7 Å². The summed E-state index contributed by atoms with van der Waals surface area (Å²) < 4.78 is 19.0. The van der Waals surface area contributed by atoms with E-state index >= 15 is 0 Å². The highest BCUT2D eigenvalue weighted by molar-refractivity contribution is 7.94. The number of rotatable bonds is 9. The van der Waals surface area contributed by atoms with Gasteiger partial charge in [-0.2, -0.15) is 0 Å². The number of benzene rings is 1. The minimum atomic E-state index is -0.624. The summed E-state index contributed by atoms with van der Waals surface area (Å²) in [7, 11) is 0. The molecule has 3 saturated carbocycles. The van der Waals surface area contributed by atoms with Crippen molar-refractivity contribution in [3.8, 4) is 0 Å². The fourth-order valence-corrected chi connectivity index (χ4v) is 8.91. The van der Waals surface area contributed by atoms with Crippen molar-refractivity contribution >= 4 is 12.0 Å². The second kappa shape index (κ2) is 13.7. The van der Waals surface area contributed by atoms with Crippen molar-refractivity contribution in [3.05, 3.63) is 52.6 Å². The van der Waals surface area contributed by atoms with Gasteiger partial charge in [-0.05, 0) is 85.8 Å². The van der Waals surface area contributed by atoms with Crippen LogP contribution in [0.1, 0.15) is 150 Å². The van der Waals surface area contributed by atoms with Crippen LogP contribution < -0.4 is 0 Å². The van der Waals surface area contributed by atoms with Crippen LogP contribution in [0.3, 0.4) is 0 Å². The maximum Gasteiger partial charge on any atom is 0.196 e. The summed E-state index contributed by atoms with van der Waals surface area (Å²) in [5, 5.41) is 0. The first-order chi connectivity index (χ1) is 19.3. The summed E-state index contributed by atoms with van der Waals surface area (Å²) in [4.78, 5) is 1.48. The minimum Gasteiger partial charge on any atom is -0.343 e. The Bertz CT molecular complexity index is 950. The van der Waals surface area contributed by atoms with Crippen molar-refractivity contribution in [1.82, 2.24) is 0 Å². The molecule has 0 amide bonds. The molecule has 1 aliphatic heterocycles. The minimum absolute atomic E-state index is 0.624. The zero-order valence-corrected chi connectivity index (χ0v) is 24.9. The zero-order valence-electron chi connectivity index (χ0n) is 24.1. The van der Waals surface area contributed by atoms with Gasteiger partial charge in [-0.3, -0.25) is 0 Å². The van der Waals surface area contributed by atoms with Crippen molar-refractivity contribution in [2.75, 3.05) is 19.8 Å². The quantitative estimate of drug-likeness (QED) is 0.226. The Balaban J connectivity index is 1.26. The van der Waals surface area contributed by atoms with Crippen molar-refractivity contribution < 1.29 is 13.7 Å². The molecule has 1 heterocycles. The van der Waals surface area contributed by atoms with Crippen molar-refractivity contribution in [2.24, 2.45) is 0 Å². The third-order valence-electron chi connectivity index (χ3n) is 10.2. The van der Waals surface area contributed by atoms with Gasteiger partial charge in [0.15, 0.2) is 5.79 Å². The second-order valence-corrected chi connectivity index (χ2v) is 13.6. The van der Waals surface area contributed by atoms with E-state index in [4.69, 9.17) is 13.7 Å². The lowest BCUT2D eigenvalue weighted by molar-refractivity contribution is -0.132. The van der Waals surface area contributed by atoms with Crippen LogP contribution in [0.4, 0.5) is 0 Å². The Morgan fingerprint density at radius 1 is 0.718 bits per heavy atom. The molecule has 0 atom stereocenters. The average Bonchev–Trinajstić information content (AvgIpc) is 3.51. The highest BCUT2D eigenvalue weighted by Gasteiger charge is 2.39. The molecule has 0 radical (unpaired) electrons. The summed E-state index contributed by atoms with van der Waals surface area (Å²) in [5.74, 6) is 1.53. The van der Waals surface area contributed by atoms with Gasteiger partial charge >= 0.3 is 0 Å². The van der Waals surface area contributed by atoms with Crippen LogP contribution in [0.15, 0.2) is 40.8 Å². The first kappa shape index (κ1) is 28.1. The SMILES string of the molecule is C1=CC(C2(CCOSc3c(C4CCCCC4)cc(C4CCCCC4)cc3C3CCCCC3)OCCO2)=CCC1. The van der Waals surface area contributed by atoms with Gasteiger partial charge in [0.2, 0.25) is 0 Å². The average molecular weight is 551 g/mol. The van der Waals surface area contributed by atoms with E-state index in [1.54, 1.807) is 28.7 Å². The first-order valence-electron chi connectivity index (χ1n) is 16.4. The van der Waals surface area contributed by atoms with E-state index in [0.717, 1.165) is 25.2 Å². The molecule has 4 fully saturated rings. The Labute approximate surface area is 241 Å². The lowest BCUT2D eigenvalue weighted by Crippen LogP contribution is -2.33. The van der Waals surface area contributed by atoms with E-state index in [1.165, 1.54) is 107 Å². The van der Waals surface area contributed by atoms with Gasteiger partial charge in [0.05, 0.1) is 19.8 Å². The van der Waals surface area contributed by atoms with Gasteiger partial charge in [-0.15, -0.1) is 0 Å². The molecule has 0 bridgehead atoms. The molecule has 1 saturated heterocycles. The van der Waals surface area contributed by atoms with Crippen molar-refractivity contribution in [1.29, 1.82) is 0 Å². The van der Waals surface area contributed by atoms with Crippen molar-refractivity contribution in [2.45, 2.75) is 144 Å². The van der Waals surface area contributed by atoms with Crippen LogP contribution >= 0.6 is 12.0 Å². The largest absolute Gasteiger partial charge is 0.343 e. The van der Waals surface area contributed by atoms with Gasteiger partial charge in [0, 0.05) is 28.9 Å². The Morgan fingerprint density at radius 2 is 1.28 bits per heavy atom. The molecule has 6 rings (SSSR count). The Kier molecular flexibility index (Phi) is 9.88. The molecule has 5 aliphatic rings. The van der Waals surface area contributed by atoms with E-state index in [1.807, 2.05) is 0 Å². The first-order valence-corrected chi connectivity index (χ1v) is 17.2. The van der Waals surface area contributed by atoms with Crippen LogP contribution in [0.2, 0.25) is 0 Å². The normalized spacial score (nSPS) is 25.2. The van der Waals surface area contributed by atoms with Crippen molar-refractivity contribution in [3.63, 3.8) is 0 Å². The lowest BCUT2D eigenvalue weighted by Gasteiger charge is -2.32. The number of hydrogen-bond donors (Lipinski definition) is 0. The van der Waals surface area contributed by atoms with Crippen LogP contribution in [0.25, 0.3) is 0 Å². The molecule has 3 nitrogen and oxygen atoms in total. The second-order valence-electron chi connectivity index (χ2n) is 12.8. The molecule has 39 heavy (non-hydrogen) atoms. The van der Waals surface area contributed by atoms with Crippen LogP contribution in [-0.2, 0) is 13.7 Å². The van der Waals surface area contributed by atoms with E-state index in [9.17, 15) is 0 Å². The molecule has 0 unspecified atom stereocenters. The molecular weight excluding hydrogens is 500 g/mol. The third-order valence-corrected chi connectivity index (χ3v) is 11.1. The molecule has 0 N–H and O–H groups in total. The van der Waals surface area contributed by atoms with Crippen LogP contribution in [-0.4, -0.2) is 25.6 Å². The number of ether oxygens (including phenoxy) is 2. The van der Waals surface area contributed by atoms with Gasteiger partial charge in [0.25, 0.3) is 0 Å². The van der Waals surface area contributed by atoms with E-state index in [0.29, 0.717) is 31.7 Å². The molecule has 1 aromatic carbocycles. The molecular formula is C35H50O3S. The number of hydrogen-bond acceptors (Lipinski definition) is 4. The summed E-state index contributed by atoms with van der Waals surface area (Å²) in [6, 6.07) is 5.32. The van der Waals surface area contributed by atoms with Gasteiger partial charge in [-0.1, -0.05) is 88.1 Å². The summed E-state index contributed by atoms with van der Waals surface area (Å²) in [6.07, 6.45) is 30.3. The molecule has 0 aromatic heterocycles. The summed E-state index contributed by atoms with van der Waals surface area (Å²) in [6.45, 7) is 1.96. The van der Waals surface area contributed by atoms with E-state index in [-0.39, 0.29) is 0 Å². The third kappa shape index (κ3) is 6.71. The fraction of sp³-hybridized carbons (Fsp3) is 0.714. The van der Waals surface area contributed by atoms with Crippen LogP contribution in [0, 0.1) is 0 Å². The molecule has 4 heteroatoms. The monoisotopic (exact) mass is 550 g/mol. The standard InChI is InChI=1S/C35H50O3S/c1-5-13-27(14-6-1)30-25-32(28-15-7-2-8-16-28)34(33(26-30)29-17-9-3-10-18-29)39-38-22-21-35(36-23-24-37-35)31-19-11-4-12-20-31/h11,19-20,25-29H,1-10,12-18,21-24H2. The molecule has 0 spiro atoms.